The first-order valence-corrected chi connectivity index (χ1v) is 8.87. The van der Waals surface area contributed by atoms with E-state index < -0.39 is 17.6 Å². The Morgan fingerprint density at radius 2 is 1.96 bits per heavy atom. The molecule has 4 aromatic rings. The van der Waals surface area contributed by atoms with Gasteiger partial charge in [-0.15, -0.1) is 10.2 Å². The van der Waals surface area contributed by atoms with Gasteiger partial charge in [-0.25, -0.2) is 9.31 Å². The zero-order valence-electron chi connectivity index (χ0n) is 13.7. The average molecular weight is 402 g/mol. The Hall–Kier alpha value is -2.91. The smallest absolute Gasteiger partial charge is 0.327 e. The van der Waals surface area contributed by atoms with Crippen LogP contribution in [-0.4, -0.2) is 41.2 Å². The number of rotatable bonds is 4. The highest BCUT2D eigenvalue weighted by molar-refractivity contribution is 7.80. The first-order valence-electron chi connectivity index (χ1n) is 7.86. The largest absolute Gasteiger partial charge is 0.480 e. The molecule has 3 heterocycles. The van der Waals surface area contributed by atoms with E-state index in [4.69, 9.17) is 11.6 Å². The van der Waals surface area contributed by atoms with Crippen molar-refractivity contribution in [3.8, 4) is 11.1 Å². The molecule has 0 spiro atoms. The molecule has 0 radical (unpaired) electrons. The van der Waals surface area contributed by atoms with Gasteiger partial charge in [-0.1, -0.05) is 23.7 Å². The van der Waals surface area contributed by atoms with Crippen molar-refractivity contribution < 1.29 is 9.90 Å². The predicted molar refractivity (Wildman–Crippen MR) is 104 cm³/mol. The maximum absolute atomic E-state index is 12.7. The Morgan fingerprint density at radius 3 is 2.63 bits per heavy atom. The van der Waals surface area contributed by atoms with Crippen LogP contribution in [0.4, 0.5) is 0 Å². The Morgan fingerprint density at radius 1 is 1.22 bits per heavy atom. The Kier molecular flexibility index (Phi) is 4.33. The summed E-state index contributed by atoms with van der Waals surface area (Å²) in [6, 6.07) is 7.70. The second kappa shape index (κ2) is 6.67. The molecule has 1 atom stereocenters. The summed E-state index contributed by atoms with van der Waals surface area (Å²) in [7, 11) is 0. The Labute approximate surface area is 162 Å². The van der Waals surface area contributed by atoms with Crippen molar-refractivity contribution in [2.75, 3.05) is 5.75 Å². The van der Waals surface area contributed by atoms with Crippen molar-refractivity contribution in [1.82, 2.24) is 24.4 Å². The minimum Gasteiger partial charge on any atom is -0.480 e. The predicted octanol–water partition coefficient (Wildman–Crippen LogP) is 2.32. The highest BCUT2D eigenvalue weighted by atomic mass is 35.5. The summed E-state index contributed by atoms with van der Waals surface area (Å²) < 4.78 is 2.59. The molecule has 10 heteroatoms. The number of carboxylic acids is 1. The molecule has 0 saturated carbocycles. The highest BCUT2D eigenvalue weighted by Crippen LogP contribution is 2.25. The third kappa shape index (κ3) is 2.84. The lowest BCUT2D eigenvalue weighted by Gasteiger charge is -2.13. The lowest BCUT2D eigenvalue weighted by atomic mass is 10.1. The van der Waals surface area contributed by atoms with Gasteiger partial charge in [-0.05, 0) is 23.8 Å². The lowest BCUT2D eigenvalue weighted by molar-refractivity contribution is -0.140. The second-order valence-electron chi connectivity index (χ2n) is 5.80. The summed E-state index contributed by atoms with van der Waals surface area (Å²) in [5, 5.41) is 22.4. The van der Waals surface area contributed by atoms with Crippen LogP contribution in [0.2, 0.25) is 5.02 Å². The monoisotopic (exact) mass is 401 g/mol. The molecule has 1 aromatic carbocycles. The van der Waals surface area contributed by atoms with Gasteiger partial charge in [-0.3, -0.25) is 9.36 Å². The first kappa shape index (κ1) is 17.5. The maximum Gasteiger partial charge on any atom is 0.327 e. The van der Waals surface area contributed by atoms with E-state index in [-0.39, 0.29) is 11.3 Å². The minimum atomic E-state index is -1.15. The van der Waals surface area contributed by atoms with Crippen LogP contribution >= 0.6 is 24.2 Å². The standard InChI is InChI=1S/C17H12ClN5O3S/c18-10-3-1-9(2-4-10)11-7-19-23-12-5-6-22(13(8-27)17(25)26)16(24)14(12)20-21-15(11)23/h1-7,13,27H,8H2,(H,25,26)/t13-/m0/s1. The zero-order valence-corrected chi connectivity index (χ0v) is 15.3. The summed E-state index contributed by atoms with van der Waals surface area (Å²) in [5.74, 6) is -1.18. The normalized spacial score (nSPS) is 12.5. The summed E-state index contributed by atoms with van der Waals surface area (Å²) in [6.07, 6.45) is 3.04. The van der Waals surface area contributed by atoms with Crippen molar-refractivity contribution in [2.45, 2.75) is 6.04 Å². The van der Waals surface area contributed by atoms with Crippen LogP contribution < -0.4 is 5.56 Å². The van der Waals surface area contributed by atoms with Crippen molar-refractivity contribution in [2.24, 2.45) is 0 Å². The van der Waals surface area contributed by atoms with Gasteiger partial charge < -0.3 is 5.11 Å². The molecule has 136 valence electrons. The number of hydrogen-bond donors (Lipinski definition) is 2. The number of carbonyl (C=O) groups is 1. The number of halogens is 1. The van der Waals surface area contributed by atoms with E-state index in [1.54, 1.807) is 24.4 Å². The SMILES string of the molecule is O=C(O)[C@H](CS)n1ccc2c(nnc3c(-c4ccc(Cl)cc4)cnn32)c1=O. The number of benzene rings is 1. The van der Waals surface area contributed by atoms with Gasteiger partial charge in [0.05, 0.1) is 6.20 Å². The second-order valence-corrected chi connectivity index (χ2v) is 6.60. The highest BCUT2D eigenvalue weighted by Gasteiger charge is 2.21. The fraction of sp³-hybridized carbons (Fsp3) is 0.118. The molecule has 0 saturated heterocycles. The van der Waals surface area contributed by atoms with Gasteiger partial charge in [0.1, 0.15) is 11.6 Å². The molecular weight excluding hydrogens is 390 g/mol. The van der Waals surface area contributed by atoms with Crippen LogP contribution in [0.25, 0.3) is 27.8 Å². The van der Waals surface area contributed by atoms with Gasteiger partial charge in [0.25, 0.3) is 5.56 Å². The fourth-order valence-corrected chi connectivity index (χ4v) is 3.33. The van der Waals surface area contributed by atoms with Gasteiger partial charge in [-0.2, -0.15) is 17.7 Å². The molecule has 4 rings (SSSR count). The van der Waals surface area contributed by atoms with E-state index in [2.05, 4.69) is 27.9 Å². The number of hydrogen-bond acceptors (Lipinski definition) is 6. The third-order valence-corrected chi connectivity index (χ3v) is 4.84. The molecule has 3 aromatic heterocycles. The molecule has 8 nitrogen and oxygen atoms in total. The summed E-state index contributed by atoms with van der Waals surface area (Å²) in [4.78, 5) is 24.0. The van der Waals surface area contributed by atoms with Gasteiger partial charge >= 0.3 is 5.97 Å². The zero-order chi connectivity index (χ0) is 19.1. The molecule has 27 heavy (non-hydrogen) atoms. The summed E-state index contributed by atoms with van der Waals surface area (Å²) in [5.41, 5.74) is 1.98. The number of aromatic nitrogens is 5. The molecule has 1 N–H and O–H groups in total. The lowest BCUT2D eigenvalue weighted by Crippen LogP contribution is -2.31. The molecular formula is C17H12ClN5O3S. The number of nitrogens with zero attached hydrogens (tertiary/aromatic N) is 5. The number of thiol groups is 1. The number of carboxylic acid groups (broad SMARTS) is 1. The van der Waals surface area contributed by atoms with Gasteiger partial charge in [0.15, 0.2) is 11.2 Å². The van der Waals surface area contributed by atoms with Crippen LogP contribution in [0.1, 0.15) is 6.04 Å². The van der Waals surface area contributed by atoms with Gasteiger partial charge in [0, 0.05) is 22.5 Å². The van der Waals surface area contributed by atoms with Crippen LogP contribution in [-0.2, 0) is 4.79 Å². The van der Waals surface area contributed by atoms with Crippen molar-refractivity contribution in [1.29, 1.82) is 0 Å². The molecule has 0 unspecified atom stereocenters. The first-order chi connectivity index (χ1) is 13.0. The number of aliphatic carboxylic acids is 1. The van der Waals surface area contributed by atoms with Crippen LogP contribution in [0, 0.1) is 0 Å². The maximum atomic E-state index is 12.7. The topological polar surface area (TPSA) is 102 Å². The molecule has 0 fully saturated rings. The molecule has 0 aliphatic rings. The molecule has 0 amide bonds. The molecule has 0 bridgehead atoms. The van der Waals surface area contributed by atoms with Gasteiger partial charge in [0.2, 0.25) is 0 Å². The summed E-state index contributed by atoms with van der Waals surface area (Å²) >= 11 is 9.94. The van der Waals surface area contributed by atoms with E-state index in [0.717, 1.165) is 15.7 Å². The Bertz CT molecular complexity index is 1240. The van der Waals surface area contributed by atoms with E-state index in [1.165, 1.54) is 10.7 Å². The van der Waals surface area contributed by atoms with Crippen molar-refractivity contribution in [3.05, 3.63) is 58.1 Å². The minimum absolute atomic E-state index is 0.0289. The Balaban J connectivity index is 1.93. The van der Waals surface area contributed by atoms with Crippen LogP contribution in [0.3, 0.4) is 0 Å². The fourth-order valence-electron chi connectivity index (χ4n) is 2.87. The van der Waals surface area contributed by atoms with Crippen molar-refractivity contribution >= 4 is 46.9 Å². The summed E-state index contributed by atoms with van der Waals surface area (Å²) in [6.45, 7) is 0. The quantitative estimate of drug-likeness (QED) is 0.509. The van der Waals surface area contributed by atoms with E-state index in [1.807, 2.05) is 12.1 Å². The molecule has 0 aliphatic heterocycles. The van der Waals surface area contributed by atoms with E-state index in [9.17, 15) is 14.7 Å². The molecule has 0 aliphatic carbocycles. The van der Waals surface area contributed by atoms with Crippen LogP contribution in [0.5, 0.6) is 0 Å². The number of fused-ring (bicyclic) bond motifs is 3. The van der Waals surface area contributed by atoms with E-state index >= 15 is 0 Å². The third-order valence-electron chi connectivity index (χ3n) is 4.24. The van der Waals surface area contributed by atoms with Crippen LogP contribution in [0.15, 0.2) is 47.5 Å². The van der Waals surface area contributed by atoms with E-state index in [0.29, 0.717) is 16.2 Å². The van der Waals surface area contributed by atoms with Crippen molar-refractivity contribution in [3.63, 3.8) is 0 Å². The number of pyridine rings is 1. The average Bonchev–Trinajstić information content (AvgIpc) is 3.09.